The number of benzene rings is 2. The predicted molar refractivity (Wildman–Crippen MR) is 201 cm³/mol. The van der Waals surface area contributed by atoms with Crippen molar-refractivity contribution in [1.82, 2.24) is 30.7 Å². The third-order valence-corrected chi connectivity index (χ3v) is 11.1. The molecule has 0 bridgehead atoms. The number of amides is 6. The molecule has 294 valence electrons. The van der Waals surface area contributed by atoms with E-state index in [1.54, 1.807) is 6.92 Å². The van der Waals surface area contributed by atoms with Crippen LogP contribution < -0.4 is 16.0 Å². The zero-order valence-corrected chi connectivity index (χ0v) is 31.6. The summed E-state index contributed by atoms with van der Waals surface area (Å²) in [4.78, 5) is 102. The first-order valence-corrected chi connectivity index (χ1v) is 19.6. The van der Waals surface area contributed by atoms with Crippen molar-refractivity contribution in [1.29, 1.82) is 0 Å². The number of nitrogens with one attached hydrogen (secondary N) is 3. The summed E-state index contributed by atoms with van der Waals surface area (Å²) in [5.41, 5.74) is 1.75. The highest BCUT2D eigenvalue weighted by Gasteiger charge is 2.46. The molecule has 6 rings (SSSR count). The number of fused-ring (bicyclic) bond motifs is 3. The van der Waals surface area contributed by atoms with Crippen LogP contribution in [0, 0.1) is 5.92 Å². The lowest BCUT2D eigenvalue weighted by molar-refractivity contribution is -0.158. The summed E-state index contributed by atoms with van der Waals surface area (Å²) in [6, 6.07) is 12.6. The number of hydrogen-bond acceptors (Lipinski definition) is 8. The minimum absolute atomic E-state index is 0.0373. The lowest BCUT2D eigenvalue weighted by atomic mass is 9.99. The summed E-state index contributed by atoms with van der Waals surface area (Å²) in [7, 11) is 0. The van der Waals surface area contributed by atoms with Crippen LogP contribution in [-0.2, 0) is 51.1 Å². The number of cyclic esters (lactones) is 1. The Balaban J connectivity index is 1.28. The number of hydrogen-bond donors (Lipinski definition) is 3. The van der Waals surface area contributed by atoms with Gasteiger partial charge in [-0.2, -0.15) is 0 Å². The van der Waals surface area contributed by atoms with Crippen LogP contribution in [-0.4, -0.2) is 119 Å². The normalized spacial score (nSPS) is 27.0. The fourth-order valence-electron chi connectivity index (χ4n) is 8.22. The maximum absolute atomic E-state index is 14.5. The van der Waals surface area contributed by atoms with Gasteiger partial charge in [0.05, 0.1) is 0 Å². The molecule has 7 atom stereocenters. The molecule has 0 unspecified atom stereocenters. The first kappa shape index (κ1) is 39.4. The molecule has 2 aromatic rings. The zero-order chi connectivity index (χ0) is 39.1. The Labute approximate surface area is 321 Å². The van der Waals surface area contributed by atoms with Crippen LogP contribution in [0.2, 0.25) is 0 Å². The second-order valence-corrected chi connectivity index (χ2v) is 15.3. The molecule has 4 aliphatic heterocycles. The number of esters is 1. The SMILES string of the molecule is C[C@H]1C[C@H]2C(=O)OC[C@H](NC(=O)[C@H](Cc3ccccc3)NC(=O)CCc3ccccc3)C(=O)N3CCC[C@H]3C(=O)N3CCCC[C@H]3C(=O)N[C@@H](C)C(=O)N2C1. The monoisotopic (exact) mass is 756 g/mol. The van der Waals surface area contributed by atoms with Crippen molar-refractivity contribution in [3.63, 3.8) is 0 Å². The Hall–Kier alpha value is -5.27. The third kappa shape index (κ3) is 9.52. The van der Waals surface area contributed by atoms with Gasteiger partial charge in [0.1, 0.15) is 42.9 Å². The van der Waals surface area contributed by atoms with Gasteiger partial charge in [-0.25, -0.2) is 4.79 Å². The molecular weight excluding hydrogens is 704 g/mol. The van der Waals surface area contributed by atoms with Crippen molar-refractivity contribution in [2.24, 2.45) is 5.92 Å². The molecule has 6 amide bonds. The molecule has 0 radical (unpaired) electrons. The highest BCUT2D eigenvalue weighted by molar-refractivity contribution is 5.97. The Kier molecular flexibility index (Phi) is 12.8. The van der Waals surface area contributed by atoms with Crippen LogP contribution in [0.25, 0.3) is 0 Å². The molecule has 0 saturated carbocycles. The number of ether oxygens (including phenoxy) is 1. The topological polar surface area (TPSA) is 175 Å². The average Bonchev–Trinajstić information content (AvgIpc) is 3.85. The van der Waals surface area contributed by atoms with E-state index in [1.165, 1.54) is 14.7 Å². The lowest BCUT2D eigenvalue weighted by Crippen LogP contribution is -2.62. The highest BCUT2D eigenvalue weighted by atomic mass is 16.5. The van der Waals surface area contributed by atoms with Gasteiger partial charge in [0.2, 0.25) is 35.4 Å². The van der Waals surface area contributed by atoms with E-state index in [-0.39, 0.29) is 43.7 Å². The van der Waals surface area contributed by atoms with E-state index in [9.17, 15) is 33.6 Å². The number of carbonyl (C=O) groups excluding carboxylic acids is 7. The Bertz CT molecular complexity index is 1740. The van der Waals surface area contributed by atoms with Crippen molar-refractivity contribution >= 4 is 41.4 Å². The molecule has 4 heterocycles. The van der Waals surface area contributed by atoms with Gasteiger partial charge >= 0.3 is 5.97 Å². The van der Waals surface area contributed by atoms with Crippen LogP contribution in [0.3, 0.4) is 0 Å². The quantitative estimate of drug-likeness (QED) is 0.340. The van der Waals surface area contributed by atoms with Gasteiger partial charge in [0.25, 0.3) is 0 Å². The molecule has 14 heteroatoms. The molecular formula is C41H52N6O8. The second-order valence-electron chi connectivity index (χ2n) is 15.3. The molecule has 14 nitrogen and oxygen atoms in total. The number of piperidine rings is 1. The molecule has 2 aromatic carbocycles. The second kappa shape index (κ2) is 17.9. The van der Waals surface area contributed by atoms with Crippen molar-refractivity contribution in [3.8, 4) is 0 Å². The van der Waals surface area contributed by atoms with E-state index in [0.29, 0.717) is 45.1 Å². The molecule has 55 heavy (non-hydrogen) atoms. The summed E-state index contributed by atoms with van der Waals surface area (Å²) in [6.45, 7) is 3.75. The summed E-state index contributed by atoms with van der Waals surface area (Å²) in [5.74, 6) is -3.68. The van der Waals surface area contributed by atoms with Crippen molar-refractivity contribution in [3.05, 3.63) is 71.8 Å². The summed E-state index contributed by atoms with van der Waals surface area (Å²) < 4.78 is 5.76. The number of carbonyl (C=O) groups is 7. The maximum atomic E-state index is 14.5. The first-order chi connectivity index (χ1) is 26.5. The molecule has 3 N–H and O–H groups in total. The predicted octanol–water partition coefficient (Wildman–Crippen LogP) is 1.50. The molecule has 0 spiro atoms. The largest absolute Gasteiger partial charge is 0.461 e. The van der Waals surface area contributed by atoms with E-state index in [0.717, 1.165) is 17.5 Å². The van der Waals surface area contributed by atoms with E-state index in [1.807, 2.05) is 67.6 Å². The van der Waals surface area contributed by atoms with Crippen LogP contribution >= 0.6 is 0 Å². The summed E-state index contributed by atoms with van der Waals surface area (Å²) in [6.07, 6.45) is 3.73. The van der Waals surface area contributed by atoms with Crippen molar-refractivity contribution in [2.45, 2.75) is 108 Å². The van der Waals surface area contributed by atoms with Gasteiger partial charge < -0.3 is 35.4 Å². The fraction of sp³-hybridized carbons (Fsp3) is 0.537. The number of nitrogens with zero attached hydrogens (tertiary/aromatic N) is 3. The van der Waals surface area contributed by atoms with Crippen molar-refractivity contribution in [2.75, 3.05) is 26.2 Å². The molecule has 0 aromatic heterocycles. The van der Waals surface area contributed by atoms with E-state index in [2.05, 4.69) is 16.0 Å². The highest BCUT2D eigenvalue weighted by Crippen LogP contribution is 2.28. The summed E-state index contributed by atoms with van der Waals surface area (Å²) in [5, 5.41) is 8.42. The van der Waals surface area contributed by atoms with Gasteiger partial charge in [0.15, 0.2) is 0 Å². The van der Waals surface area contributed by atoms with Gasteiger partial charge in [0, 0.05) is 32.5 Å². The number of rotatable bonds is 8. The first-order valence-electron chi connectivity index (χ1n) is 19.6. The molecule has 4 saturated heterocycles. The fourth-order valence-corrected chi connectivity index (χ4v) is 8.22. The molecule has 4 aliphatic rings. The Morgan fingerprint density at radius 1 is 0.782 bits per heavy atom. The van der Waals surface area contributed by atoms with Gasteiger partial charge in [-0.15, -0.1) is 0 Å². The third-order valence-electron chi connectivity index (χ3n) is 11.1. The van der Waals surface area contributed by atoms with Gasteiger partial charge in [-0.05, 0) is 68.9 Å². The van der Waals surface area contributed by atoms with Crippen LogP contribution in [0.1, 0.15) is 69.9 Å². The van der Waals surface area contributed by atoms with E-state index >= 15 is 0 Å². The zero-order valence-electron chi connectivity index (χ0n) is 31.6. The minimum Gasteiger partial charge on any atom is -0.461 e. The smallest absolute Gasteiger partial charge is 0.328 e. The van der Waals surface area contributed by atoms with Crippen LogP contribution in [0.5, 0.6) is 0 Å². The van der Waals surface area contributed by atoms with Crippen LogP contribution in [0.4, 0.5) is 0 Å². The average molecular weight is 757 g/mol. The minimum atomic E-state index is -1.40. The molecule has 0 aliphatic carbocycles. The van der Waals surface area contributed by atoms with E-state index < -0.39 is 72.5 Å². The maximum Gasteiger partial charge on any atom is 0.328 e. The van der Waals surface area contributed by atoms with Crippen LogP contribution in [0.15, 0.2) is 60.7 Å². The Morgan fingerprint density at radius 2 is 1.44 bits per heavy atom. The lowest BCUT2D eigenvalue weighted by Gasteiger charge is -2.39. The van der Waals surface area contributed by atoms with Gasteiger partial charge in [-0.3, -0.25) is 28.8 Å². The standard InChI is InChI=1S/C41H52N6O8/c1-26-22-34-41(54)55-25-31(44-36(49)30(23-29-14-7-4-8-15-29)43-35(48)19-18-28-12-5-3-6-13-28)39(52)46-21-11-17-33(46)40(53)45-20-10-9-16-32(45)37(50)42-27(2)38(51)47(34)24-26/h3-8,12-15,26-27,30-34H,9-11,16-25H2,1-2H3,(H,42,50)(H,43,48)(H,44,49)/t26-,27-,30-,31-,32-,33-,34-/m0/s1. The number of aryl methyl sites for hydroxylation is 1. The molecule has 4 fully saturated rings. The summed E-state index contributed by atoms with van der Waals surface area (Å²) >= 11 is 0. The van der Waals surface area contributed by atoms with Gasteiger partial charge in [-0.1, -0.05) is 67.6 Å². The van der Waals surface area contributed by atoms with Crippen molar-refractivity contribution < 1.29 is 38.3 Å². The Morgan fingerprint density at radius 3 is 2.16 bits per heavy atom. The van der Waals surface area contributed by atoms with E-state index in [4.69, 9.17) is 4.74 Å².